The van der Waals surface area contributed by atoms with E-state index in [1.54, 1.807) is 12.1 Å². The molecule has 0 amide bonds. The maximum absolute atomic E-state index is 12.5. The van der Waals surface area contributed by atoms with Crippen molar-refractivity contribution in [2.45, 2.75) is 45.4 Å². The van der Waals surface area contributed by atoms with Gasteiger partial charge in [0.1, 0.15) is 5.75 Å². The summed E-state index contributed by atoms with van der Waals surface area (Å²) in [6.07, 6.45) is 2.03. The Kier molecular flexibility index (Phi) is 5.17. The Morgan fingerprint density at radius 2 is 2.15 bits per heavy atom. The zero-order chi connectivity index (χ0) is 14.5. The van der Waals surface area contributed by atoms with Crippen molar-refractivity contribution >= 4 is 5.69 Å². The number of piperidine rings is 1. The van der Waals surface area contributed by atoms with E-state index in [2.05, 4.69) is 28.8 Å². The number of rotatable bonds is 5. The van der Waals surface area contributed by atoms with Crippen LogP contribution >= 0.6 is 0 Å². The van der Waals surface area contributed by atoms with Gasteiger partial charge in [-0.1, -0.05) is 19.1 Å². The molecule has 0 spiro atoms. The van der Waals surface area contributed by atoms with Crippen molar-refractivity contribution < 1.29 is 13.5 Å². The number of hydrogen-bond donors (Lipinski definition) is 1. The van der Waals surface area contributed by atoms with Crippen molar-refractivity contribution in [1.82, 2.24) is 5.32 Å². The number of nitrogens with zero attached hydrogens (tertiary/aromatic N) is 1. The van der Waals surface area contributed by atoms with Gasteiger partial charge < -0.3 is 15.0 Å². The maximum atomic E-state index is 12.5. The van der Waals surface area contributed by atoms with Crippen molar-refractivity contribution in [2.75, 3.05) is 18.0 Å². The molecule has 1 aromatic rings. The highest BCUT2D eigenvalue weighted by atomic mass is 19.3. The van der Waals surface area contributed by atoms with Crippen LogP contribution < -0.4 is 15.0 Å². The summed E-state index contributed by atoms with van der Waals surface area (Å²) in [6.45, 7) is 3.25. The highest BCUT2D eigenvalue weighted by molar-refractivity contribution is 5.59. The molecule has 20 heavy (non-hydrogen) atoms. The van der Waals surface area contributed by atoms with E-state index < -0.39 is 6.61 Å². The highest BCUT2D eigenvalue weighted by Gasteiger charge is 2.27. The lowest BCUT2D eigenvalue weighted by atomic mass is 9.97. The molecule has 2 atom stereocenters. The van der Waals surface area contributed by atoms with Crippen LogP contribution in [0.2, 0.25) is 0 Å². The van der Waals surface area contributed by atoms with Gasteiger partial charge in [0.15, 0.2) is 0 Å². The average Bonchev–Trinajstić information content (AvgIpc) is 2.40. The van der Waals surface area contributed by atoms with Crippen LogP contribution in [0.5, 0.6) is 5.75 Å². The molecular weight excluding hydrogens is 262 g/mol. The van der Waals surface area contributed by atoms with Crippen LogP contribution in [0, 0.1) is 0 Å². The van der Waals surface area contributed by atoms with E-state index in [0.29, 0.717) is 12.1 Å². The molecule has 3 nitrogen and oxygen atoms in total. The molecule has 1 fully saturated rings. The predicted molar refractivity (Wildman–Crippen MR) is 76.6 cm³/mol. The normalized spacial score (nSPS) is 23.1. The smallest absolute Gasteiger partial charge is 0.387 e. The van der Waals surface area contributed by atoms with E-state index >= 15 is 0 Å². The fourth-order valence-electron chi connectivity index (χ4n) is 2.89. The summed E-state index contributed by atoms with van der Waals surface area (Å²) < 4.78 is 29.6. The Bertz CT molecular complexity index is 428. The lowest BCUT2D eigenvalue weighted by molar-refractivity contribution is -0.0495. The molecule has 0 bridgehead atoms. The van der Waals surface area contributed by atoms with E-state index in [1.165, 1.54) is 0 Å². The van der Waals surface area contributed by atoms with Gasteiger partial charge in [-0.25, -0.2) is 0 Å². The first-order valence-electron chi connectivity index (χ1n) is 7.15. The molecule has 112 valence electrons. The van der Waals surface area contributed by atoms with Crippen molar-refractivity contribution in [3.63, 3.8) is 0 Å². The van der Waals surface area contributed by atoms with E-state index in [-0.39, 0.29) is 5.75 Å². The number of halogens is 2. The number of alkyl halides is 2. The lowest BCUT2D eigenvalue weighted by Gasteiger charge is -2.40. The minimum Gasteiger partial charge on any atom is -0.433 e. The minimum absolute atomic E-state index is 0.260. The molecule has 2 unspecified atom stereocenters. The molecular formula is C15H22F2N2O. The third-order valence-electron chi connectivity index (χ3n) is 3.76. The van der Waals surface area contributed by atoms with E-state index in [1.807, 2.05) is 12.1 Å². The first kappa shape index (κ1) is 15.0. The monoisotopic (exact) mass is 284 g/mol. The SMILES string of the molecule is CCNC1CCN(c2ccccc2OC(F)F)C(C)C1. The Morgan fingerprint density at radius 1 is 1.40 bits per heavy atom. The number of hydrogen-bond acceptors (Lipinski definition) is 3. The van der Waals surface area contributed by atoms with Gasteiger partial charge in [-0.05, 0) is 38.4 Å². The second kappa shape index (κ2) is 6.88. The van der Waals surface area contributed by atoms with Gasteiger partial charge in [0.2, 0.25) is 0 Å². The summed E-state index contributed by atoms with van der Waals surface area (Å²) in [5.41, 5.74) is 0.759. The number of benzene rings is 1. The summed E-state index contributed by atoms with van der Waals surface area (Å²) in [6, 6.07) is 7.84. The first-order valence-corrected chi connectivity index (χ1v) is 7.15. The van der Waals surface area contributed by atoms with Crippen LogP contribution in [0.15, 0.2) is 24.3 Å². The van der Waals surface area contributed by atoms with Gasteiger partial charge in [0.25, 0.3) is 0 Å². The molecule has 1 aliphatic heterocycles. The third kappa shape index (κ3) is 3.60. The summed E-state index contributed by atoms with van der Waals surface area (Å²) >= 11 is 0. The molecule has 1 N–H and O–H groups in total. The molecule has 1 aliphatic rings. The molecule has 0 radical (unpaired) electrons. The van der Waals surface area contributed by atoms with Crippen LogP contribution in [0.3, 0.4) is 0 Å². The van der Waals surface area contributed by atoms with Crippen LogP contribution in [0.1, 0.15) is 26.7 Å². The van der Waals surface area contributed by atoms with Gasteiger partial charge in [0, 0.05) is 18.6 Å². The topological polar surface area (TPSA) is 24.5 Å². The summed E-state index contributed by atoms with van der Waals surface area (Å²) in [7, 11) is 0. The first-order chi connectivity index (χ1) is 9.61. The van der Waals surface area contributed by atoms with E-state index in [4.69, 9.17) is 0 Å². The molecule has 5 heteroatoms. The van der Waals surface area contributed by atoms with Gasteiger partial charge >= 0.3 is 6.61 Å². The third-order valence-corrected chi connectivity index (χ3v) is 3.76. The summed E-state index contributed by atoms with van der Waals surface area (Å²) in [4.78, 5) is 2.16. The van der Waals surface area contributed by atoms with Gasteiger partial charge in [-0.2, -0.15) is 8.78 Å². The second-order valence-electron chi connectivity index (χ2n) is 5.17. The maximum Gasteiger partial charge on any atom is 0.387 e. The van der Waals surface area contributed by atoms with Gasteiger partial charge in [-0.3, -0.25) is 0 Å². The molecule has 0 saturated carbocycles. The van der Waals surface area contributed by atoms with Crippen molar-refractivity contribution in [2.24, 2.45) is 0 Å². The Hall–Kier alpha value is -1.36. The molecule has 0 aliphatic carbocycles. The molecule has 2 rings (SSSR count). The minimum atomic E-state index is -2.79. The largest absolute Gasteiger partial charge is 0.433 e. The highest BCUT2D eigenvalue weighted by Crippen LogP contribution is 2.33. The molecule has 1 saturated heterocycles. The summed E-state index contributed by atoms with van der Waals surface area (Å²) in [5.74, 6) is 0.260. The van der Waals surface area contributed by atoms with Crippen LogP contribution in [-0.4, -0.2) is 31.8 Å². The number of nitrogens with one attached hydrogen (secondary N) is 1. The van der Waals surface area contributed by atoms with Gasteiger partial charge in [0.05, 0.1) is 5.69 Å². The fourth-order valence-corrected chi connectivity index (χ4v) is 2.89. The van der Waals surface area contributed by atoms with Crippen LogP contribution in [-0.2, 0) is 0 Å². The molecule has 0 aromatic heterocycles. The quantitative estimate of drug-likeness (QED) is 0.898. The number of anilines is 1. The summed E-state index contributed by atoms with van der Waals surface area (Å²) in [5, 5.41) is 3.46. The lowest BCUT2D eigenvalue weighted by Crippen LogP contribution is -2.47. The predicted octanol–water partition coefficient (Wildman–Crippen LogP) is 3.25. The zero-order valence-electron chi connectivity index (χ0n) is 12.0. The van der Waals surface area contributed by atoms with E-state index in [0.717, 1.165) is 31.6 Å². The average molecular weight is 284 g/mol. The van der Waals surface area contributed by atoms with Crippen molar-refractivity contribution in [3.05, 3.63) is 24.3 Å². The second-order valence-corrected chi connectivity index (χ2v) is 5.17. The number of ether oxygens (including phenoxy) is 1. The molecule has 1 heterocycles. The Labute approximate surface area is 118 Å². The van der Waals surface area contributed by atoms with Crippen molar-refractivity contribution in [3.8, 4) is 5.75 Å². The van der Waals surface area contributed by atoms with Crippen molar-refractivity contribution in [1.29, 1.82) is 0 Å². The Morgan fingerprint density at radius 3 is 2.80 bits per heavy atom. The van der Waals surface area contributed by atoms with Crippen LogP contribution in [0.4, 0.5) is 14.5 Å². The Balaban J connectivity index is 2.12. The van der Waals surface area contributed by atoms with E-state index in [9.17, 15) is 8.78 Å². The standard InChI is InChI=1S/C15H22F2N2O/c1-3-18-12-8-9-19(11(2)10-12)13-6-4-5-7-14(13)20-15(16)17/h4-7,11-12,15,18H,3,8-10H2,1-2H3. The number of para-hydroxylation sites is 2. The fraction of sp³-hybridized carbons (Fsp3) is 0.600. The zero-order valence-corrected chi connectivity index (χ0v) is 12.0. The van der Waals surface area contributed by atoms with Crippen LogP contribution in [0.25, 0.3) is 0 Å². The van der Waals surface area contributed by atoms with Gasteiger partial charge in [-0.15, -0.1) is 0 Å². The molecule has 1 aromatic carbocycles.